The highest BCUT2D eigenvalue weighted by Crippen LogP contribution is 2.11. The highest BCUT2D eigenvalue weighted by atomic mass is 16.2. The highest BCUT2D eigenvalue weighted by Gasteiger charge is 2.21. The molecule has 0 saturated carbocycles. The lowest BCUT2D eigenvalue weighted by atomic mass is 9.96. The molecule has 0 bridgehead atoms. The van der Waals surface area contributed by atoms with E-state index >= 15 is 0 Å². The van der Waals surface area contributed by atoms with E-state index in [1.807, 2.05) is 24.4 Å². The Bertz CT molecular complexity index is 657. The quantitative estimate of drug-likeness (QED) is 0.863. The van der Waals surface area contributed by atoms with E-state index < -0.39 is 5.41 Å². The molecule has 2 N–H and O–H groups in total. The molecule has 2 aromatic rings. The van der Waals surface area contributed by atoms with Crippen LogP contribution in [0.1, 0.15) is 26.3 Å². The van der Waals surface area contributed by atoms with Crippen LogP contribution in [0.25, 0.3) is 5.82 Å². The fourth-order valence-corrected chi connectivity index (χ4v) is 1.75. The number of nitrogens with zero attached hydrogens (tertiary/aromatic N) is 3. The summed E-state index contributed by atoms with van der Waals surface area (Å²) in [6, 6.07) is 5.52. The van der Waals surface area contributed by atoms with Crippen LogP contribution in [0, 0.1) is 5.41 Å². The Hall–Kier alpha value is -2.70. The van der Waals surface area contributed by atoms with Crippen molar-refractivity contribution in [2.24, 2.45) is 5.41 Å². The number of rotatable bonds is 5. The van der Waals surface area contributed by atoms with Crippen molar-refractivity contribution in [1.82, 2.24) is 25.4 Å². The summed E-state index contributed by atoms with van der Waals surface area (Å²) in [5.74, 6) is 0.319. The Kier molecular flexibility index (Phi) is 5.10. The molecule has 0 aromatic carbocycles. The van der Waals surface area contributed by atoms with Gasteiger partial charge in [-0.15, -0.1) is 0 Å². The second-order valence-electron chi connectivity index (χ2n) is 6.18. The molecule has 2 amide bonds. The molecule has 0 aliphatic heterocycles. The average molecular weight is 315 g/mol. The molecule has 0 aliphatic rings. The van der Waals surface area contributed by atoms with Gasteiger partial charge in [-0.25, -0.2) is 9.67 Å². The van der Waals surface area contributed by atoms with Crippen molar-refractivity contribution in [2.75, 3.05) is 6.54 Å². The molecule has 7 nitrogen and oxygen atoms in total. The fourth-order valence-electron chi connectivity index (χ4n) is 1.75. The van der Waals surface area contributed by atoms with Crippen molar-refractivity contribution in [3.63, 3.8) is 0 Å². The highest BCUT2D eigenvalue weighted by molar-refractivity contribution is 5.87. The van der Waals surface area contributed by atoms with Crippen molar-refractivity contribution in [3.05, 3.63) is 42.4 Å². The van der Waals surface area contributed by atoms with Crippen molar-refractivity contribution in [1.29, 1.82) is 0 Å². The molecule has 0 spiro atoms. The van der Waals surface area contributed by atoms with Crippen LogP contribution in [0.4, 0.5) is 0 Å². The Morgan fingerprint density at radius 3 is 2.57 bits per heavy atom. The van der Waals surface area contributed by atoms with Crippen molar-refractivity contribution < 1.29 is 9.59 Å². The smallest absolute Gasteiger partial charge is 0.239 e. The van der Waals surface area contributed by atoms with Gasteiger partial charge in [0.2, 0.25) is 11.8 Å². The Balaban J connectivity index is 1.79. The number of amides is 2. The fraction of sp³-hybridized carbons (Fsp3) is 0.375. The lowest BCUT2D eigenvalue weighted by molar-refractivity contribution is -0.131. The van der Waals surface area contributed by atoms with Gasteiger partial charge in [-0.05, 0) is 17.7 Å². The molecule has 0 fully saturated rings. The summed E-state index contributed by atoms with van der Waals surface area (Å²) in [6.07, 6.45) is 5.18. The second-order valence-corrected chi connectivity index (χ2v) is 6.18. The maximum absolute atomic E-state index is 11.7. The van der Waals surface area contributed by atoms with Crippen LogP contribution in [0.5, 0.6) is 0 Å². The molecular formula is C16H21N5O2. The number of pyridine rings is 1. The van der Waals surface area contributed by atoms with E-state index in [0.29, 0.717) is 12.4 Å². The average Bonchev–Trinajstić information content (AvgIpc) is 3.04. The minimum atomic E-state index is -0.507. The zero-order valence-corrected chi connectivity index (χ0v) is 13.5. The van der Waals surface area contributed by atoms with Crippen LogP contribution in [0.15, 0.2) is 36.8 Å². The van der Waals surface area contributed by atoms with Crippen LogP contribution >= 0.6 is 0 Å². The first-order valence-corrected chi connectivity index (χ1v) is 7.36. The van der Waals surface area contributed by atoms with Gasteiger partial charge < -0.3 is 10.6 Å². The third kappa shape index (κ3) is 4.91. The number of hydrogen-bond acceptors (Lipinski definition) is 4. The molecule has 122 valence electrons. The molecule has 23 heavy (non-hydrogen) atoms. The summed E-state index contributed by atoms with van der Waals surface area (Å²) in [5.41, 5.74) is 0.364. The van der Waals surface area contributed by atoms with Gasteiger partial charge in [0, 0.05) is 30.6 Å². The largest absolute Gasteiger partial charge is 0.350 e. The normalized spacial score (nSPS) is 11.1. The van der Waals surface area contributed by atoms with E-state index in [0.717, 1.165) is 5.56 Å². The predicted octanol–water partition coefficient (Wildman–Crippen LogP) is 1.05. The summed E-state index contributed by atoms with van der Waals surface area (Å²) in [7, 11) is 0. The van der Waals surface area contributed by atoms with Gasteiger partial charge in [0.1, 0.15) is 0 Å². The van der Waals surface area contributed by atoms with Gasteiger partial charge in [0.05, 0.1) is 6.54 Å². The van der Waals surface area contributed by atoms with Gasteiger partial charge in [0.25, 0.3) is 0 Å². The van der Waals surface area contributed by atoms with Gasteiger partial charge >= 0.3 is 0 Å². The maximum atomic E-state index is 11.7. The van der Waals surface area contributed by atoms with Crippen molar-refractivity contribution in [2.45, 2.75) is 27.3 Å². The Morgan fingerprint density at radius 1 is 1.22 bits per heavy atom. The number of carbonyl (C=O) groups is 2. The zero-order valence-electron chi connectivity index (χ0n) is 13.5. The third-order valence-electron chi connectivity index (χ3n) is 3.13. The molecule has 2 aromatic heterocycles. The van der Waals surface area contributed by atoms with E-state index in [-0.39, 0.29) is 18.4 Å². The lowest BCUT2D eigenvalue weighted by Gasteiger charge is -2.17. The molecule has 0 aliphatic carbocycles. The van der Waals surface area contributed by atoms with E-state index in [4.69, 9.17) is 0 Å². The SMILES string of the molecule is CC(C)(C)C(=O)NCC(=O)NCc1ccc(-n2cccn2)nc1. The molecule has 2 rings (SSSR count). The predicted molar refractivity (Wildman–Crippen MR) is 85.7 cm³/mol. The Labute approximate surface area is 135 Å². The minimum Gasteiger partial charge on any atom is -0.350 e. The van der Waals surface area contributed by atoms with Gasteiger partial charge in [-0.3, -0.25) is 9.59 Å². The maximum Gasteiger partial charge on any atom is 0.239 e. The lowest BCUT2D eigenvalue weighted by Crippen LogP contribution is -2.41. The first-order valence-electron chi connectivity index (χ1n) is 7.36. The zero-order chi connectivity index (χ0) is 16.9. The summed E-state index contributed by atoms with van der Waals surface area (Å²) >= 11 is 0. The minimum absolute atomic E-state index is 0.0328. The van der Waals surface area contributed by atoms with E-state index in [9.17, 15) is 9.59 Å². The van der Waals surface area contributed by atoms with Crippen LogP contribution in [0.3, 0.4) is 0 Å². The molecule has 2 heterocycles. The summed E-state index contributed by atoms with van der Waals surface area (Å²) in [6.45, 7) is 5.72. The molecule has 0 unspecified atom stereocenters. The molecule has 0 radical (unpaired) electrons. The number of nitrogens with one attached hydrogen (secondary N) is 2. The van der Waals surface area contributed by atoms with Crippen molar-refractivity contribution >= 4 is 11.8 Å². The molecular weight excluding hydrogens is 294 g/mol. The van der Waals surface area contributed by atoms with Gasteiger partial charge in [-0.2, -0.15) is 5.10 Å². The van der Waals surface area contributed by atoms with E-state index in [1.165, 1.54) is 0 Å². The number of hydrogen-bond donors (Lipinski definition) is 2. The topological polar surface area (TPSA) is 88.9 Å². The standard InChI is InChI=1S/C16H21N5O2/c1-16(2,3)15(23)19-11-14(22)18-10-12-5-6-13(17-9-12)21-8-4-7-20-21/h4-9H,10-11H2,1-3H3,(H,18,22)(H,19,23). The summed E-state index contributed by atoms with van der Waals surface area (Å²) < 4.78 is 1.66. The van der Waals surface area contributed by atoms with Crippen LogP contribution in [0.2, 0.25) is 0 Å². The Morgan fingerprint density at radius 2 is 2.00 bits per heavy atom. The van der Waals surface area contributed by atoms with Gasteiger partial charge in [-0.1, -0.05) is 26.8 Å². The summed E-state index contributed by atoms with van der Waals surface area (Å²) in [4.78, 5) is 27.7. The second kappa shape index (κ2) is 7.04. The number of aromatic nitrogens is 3. The third-order valence-corrected chi connectivity index (χ3v) is 3.13. The first-order chi connectivity index (χ1) is 10.9. The molecule has 0 saturated heterocycles. The van der Waals surface area contributed by atoms with E-state index in [2.05, 4.69) is 20.7 Å². The molecule has 0 atom stereocenters. The van der Waals surface area contributed by atoms with Crippen LogP contribution in [-0.4, -0.2) is 33.1 Å². The van der Waals surface area contributed by atoms with Crippen molar-refractivity contribution in [3.8, 4) is 5.82 Å². The number of carbonyl (C=O) groups excluding carboxylic acids is 2. The van der Waals surface area contributed by atoms with Crippen LogP contribution in [-0.2, 0) is 16.1 Å². The monoisotopic (exact) mass is 315 g/mol. The summed E-state index contributed by atoms with van der Waals surface area (Å²) in [5, 5.41) is 9.45. The van der Waals surface area contributed by atoms with Gasteiger partial charge in [0.15, 0.2) is 5.82 Å². The van der Waals surface area contributed by atoms with E-state index in [1.54, 1.807) is 37.8 Å². The molecule has 7 heteroatoms. The first kappa shape index (κ1) is 16.7. The van der Waals surface area contributed by atoms with Crippen LogP contribution < -0.4 is 10.6 Å².